The number of carbonyl (C=O) groups excluding carboxylic acids is 2. The summed E-state index contributed by atoms with van der Waals surface area (Å²) in [5, 5.41) is 8.85. The van der Waals surface area contributed by atoms with Crippen molar-refractivity contribution in [2.75, 3.05) is 18.2 Å². The van der Waals surface area contributed by atoms with Crippen LogP contribution in [0.4, 0.5) is 0 Å². The van der Waals surface area contributed by atoms with Gasteiger partial charge in [0.25, 0.3) is 0 Å². The van der Waals surface area contributed by atoms with Crippen LogP contribution < -0.4 is 0 Å². The van der Waals surface area contributed by atoms with Crippen LogP contribution in [0.3, 0.4) is 0 Å². The van der Waals surface area contributed by atoms with Crippen molar-refractivity contribution in [3.05, 3.63) is 0 Å². The van der Waals surface area contributed by atoms with Gasteiger partial charge in [-0.15, -0.1) is 11.8 Å². The molecule has 0 aromatic heterocycles. The largest absolute Gasteiger partial charge is 0.480 e. The summed E-state index contributed by atoms with van der Waals surface area (Å²) in [5.74, 6) is -0.293. The molecule has 1 N–H and O–H groups in total. The second-order valence-corrected chi connectivity index (χ2v) is 5.60. The lowest BCUT2D eigenvalue weighted by Crippen LogP contribution is -2.50. The number of thioether (sulfide) groups is 1. The van der Waals surface area contributed by atoms with Crippen LogP contribution in [0, 0.1) is 0 Å². The molecule has 1 atom stereocenters. The first-order valence-corrected chi connectivity index (χ1v) is 7.03. The SMILES string of the molecule is CC(=O)N1CSC[C@H]1C(=O)N(CC(=O)O)C1CC1. The van der Waals surface area contributed by atoms with Gasteiger partial charge in [-0.3, -0.25) is 14.4 Å². The van der Waals surface area contributed by atoms with E-state index in [1.807, 2.05) is 0 Å². The molecule has 0 aromatic rings. The summed E-state index contributed by atoms with van der Waals surface area (Å²) in [7, 11) is 0. The molecule has 2 amide bonds. The predicted molar refractivity (Wildman–Crippen MR) is 66.0 cm³/mol. The van der Waals surface area contributed by atoms with E-state index in [1.54, 1.807) is 0 Å². The van der Waals surface area contributed by atoms with Crippen molar-refractivity contribution in [3.8, 4) is 0 Å². The zero-order chi connectivity index (χ0) is 13.3. The first-order valence-electron chi connectivity index (χ1n) is 5.88. The van der Waals surface area contributed by atoms with E-state index >= 15 is 0 Å². The van der Waals surface area contributed by atoms with Crippen LogP contribution in [0.5, 0.6) is 0 Å². The Labute approximate surface area is 109 Å². The first kappa shape index (κ1) is 13.2. The van der Waals surface area contributed by atoms with Crippen molar-refractivity contribution >= 4 is 29.5 Å². The number of amides is 2. The monoisotopic (exact) mass is 272 g/mol. The number of rotatable bonds is 4. The molecule has 2 aliphatic rings. The van der Waals surface area contributed by atoms with Gasteiger partial charge in [-0.25, -0.2) is 0 Å². The van der Waals surface area contributed by atoms with E-state index in [-0.39, 0.29) is 24.4 Å². The third kappa shape index (κ3) is 2.77. The topological polar surface area (TPSA) is 77.9 Å². The summed E-state index contributed by atoms with van der Waals surface area (Å²) in [6.07, 6.45) is 1.72. The van der Waals surface area contributed by atoms with Crippen molar-refractivity contribution < 1.29 is 19.5 Å². The minimum absolute atomic E-state index is 0.0491. The highest BCUT2D eigenvalue weighted by molar-refractivity contribution is 7.99. The van der Waals surface area contributed by atoms with Gasteiger partial charge in [0.1, 0.15) is 12.6 Å². The zero-order valence-electron chi connectivity index (χ0n) is 10.2. The summed E-state index contributed by atoms with van der Waals surface area (Å²) >= 11 is 1.53. The summed E-state index contributed by atoms with van der Waals surface area (Å²) in [6.45, 7) is 1.17. The van der Waals surface area contributed by atoms with E-state index in [1.165, 1.54) is 28.5 Å². The van der Waals surface area contributed by atoms with Crippen molar-refractivity contribution in [1.29, 1.82) is 0 Å². The Balaban J connectivity index is 2.07. The summed E-state index contributed by atoms with van der Waals surface area (Å²) < 4.78 is 0. The van der Waals surface area contributed by atoms with Crippen molar-refractivity contribution in [1.82, 2.24) is 9.80 Å². The van der Waals surface area contributed by atoms with Gasteiger partial charge in [-0.05, 0) is 12.8 Å². The third-order valence-corrected chi connectivity index (χ3v) is 4.16. The molecule has 1 saturated carbocycles. The van der Waals surface area contributed by atoms with Gasteiger partial charge in [-0.1, -0.05) is 0 Å². The number of carbonyl (C=O) groups is 3. The Morgan fingerprint density at radius 3 is 2.56 bits per heavy atom. The number of hydrogen-bond acceptors (Lipinski definition) is 4. The van der Waals surface area contributed by atoms with Crippen molar-refractivity contribution in [2.24, 2.45) is 0 Å². The lowest BCUT2D eigenvalue weighted by molar-refractivity contribution is -0.148. The molecule has 1 aliphatic heterocycles. The smallest absolute Gasteiger partial charge is 0.323 e. The van der Waals surface area contributed by atoms with E-state index < -0.39 is 12.0 Å². The molecule has 2 fully saturated rings. The minimum atomic E-state index is -1.00. The predicted octanol–water partition coefficient (Wildman–Crippen LogP) is -0.0166. The standard InChI is InChI=1S/C11H16N2O4S/c1-7(14)13-6-18-5-9(13)11(17)12(4-10(15)16)8-2-3-8/h8-9H,2-6H2,1H3,(H,15,16)/t9-/m0/s1. The van der Waals surface area contributed by atoms with Crippen LogP contribution in [-0.4, -0.2) is 62.9 Å². The van der Waals surface area contributed by atoms with E-state index in [2.05, 4.69) is 0 Å². The Hall–Kier alpha value is -1.24. The molecule has 0 unspecified atom stereocenters. The molecular formula is C11H16N2O4S. The molecule has 1 aliphatic carbocycles. The highest BCUT2D eigenvalue weighted by Crippen LogP contribution is 2.30. The zero-order valence-corrected chi connectivity index (χ0v) is 11.0. The van der Waals surface area contributed by atoms with Gasteiger partial charge < -0.3 is 14.9 Å². The minimum Gasteiger partial charge on any atom is -0.480 e. The average molecular weight is 272 g/mol. The number of hydrogen-bond donors (Lipinski definition) is 1. The fraction of sp³-hybridized carbons (Fsp3) is 0.727. The lowest BCUT2D eigenvalue weighted by atomic mass is 10.2. The number of nitrogens with zero attached hydrogens (tertiary/aromatic N) is 2. The van der Waals surface area contributed by atoms with Gasteiger partial charge in [0.05, 0.1) is 5.88 Å². The summed E-state index contributed by atoms with van der Waals surface area (Å²) in [4.78, 5) is 37.5. The Bertz CT molecular complexity index is 379. The van der Waals surface area contributed by atoms with Crippen LogP contribution in [0.15, 0.2) is 0 Å². The maximum Gasteiger partial charge on any atom is 0.323 e. The van der Waals surface area contributed by atoms with E-state index in [0.717, 1.165) is 12.8 Å². The quantitative estimate of drug-likeness (QED) is 0.778. The Kier molecular flexibility index (Phi) is 3.79. The summed E-state index contributed by atoms with van der Waals surface area (Å²) in [5.41, 5.74) is 0. The fourth-order valence-corrected chi connectivity index (χ4v) is 3.28. The van der Waals surface area contributed by atoms with Crippen molar-refractivity contribution in [2.45, 2.75) is 31.8 Å². The highest BCUT2D eigenvalue weighted by Gasteiger charge is 2.41. The normalized spacial score (nSPS) is 22.9. The molecule has 7 heteroatoms. The van der Waals surface area contributed by atoms with Gasteiger partial charge >= 0.3 is 5.97 Å². The van der Waals surface area contributed by atoms with E-state index in [0.29, 0.717) is 11.6 Å². The first-order chi connectivity index (χ1) is 8.50. The Morgan fingerprint density at radius 1 is 1.39 bits per heavy atom. The van der Waals surface area contributed by atoms with E-state index in [4.69, 9.17) is 5.11 Å². The average Bonchev–Trinajstić information content (AvgIpc) is 3.00. The molecule has 6 nitrogen and oxygen atoms in total. The van der Waals surface area contributed by atoms with Gasteiger partial charge in [0.15, 0.2) is 0 Å². The van der Waals surface area contributed by atoms with Gasteiger partial charge in [-0.2, -0.15) is 0 Å². The van der Waals surface area contributed by atoms with Crippen LogP contribution in [0.2, 0.25) is 0 Å². The Morgan fingerprint density at radius 2 is 2.06 bits per heavy atom. The van der Waals surface area contributed by atoms with Crippen LogP contribution in [-0.2, 0) is 14.4 Å². The van der Waals surface area contributed by atoms with Crippen molar-refractivity contribution in [3.63, 3.8) is 0 Å². The summed E-state index contributed by atoms with van der Waals surface area (Å²) in [6, 6.07) is -0.444. The third-order valence-electron chi connectivity index (χ3n) is 3.15. The maximum atomic E-state index is 12.3. The molecule has 0 radical (unpaired) electrons. The molecule has 0 aromatic carbocycles. The molecule has 100 valence electrons. The van der Waals surface area contributed by atoms with Crippen LogP contribution >= 0.6 is 11.8 Å². The molecule has 2 rings (SSSR count). The number of carboxylic acids is 1. The maximum absolute atomic E-state index is 12.3. The lowest BCUT2D eigenvalue weighted by Gasteiger charge is -2.28. The number of carboxylic acid groups (broad SMARTS) is 1. The molecule has 1 saturated heterocycles. The molecular weight excluding hydrogens is 256 g/mol. The van der Waals surface area contributed by atoms with Crippen LogP contribution in [0.1, 0.15) is 19.8 Å². The van der Waals surface area contributed by atoms with Crippen LogP contribution in [0.25, 0.3) is 0 Å². The molecule has 0 spiro atoms. The molecule has 0 bridgehead atoms. The second kappa shape index (κ2) is 5.17. The fourth-order valence-electron chi connectivity index (χ4n) is 2.07. The number of aliphatic carboxylic acids is 1. The van der Waals surface area contributed by atoms with Gasteiger partial charge in [0, 0.05) is 18.7 Å². The molecule has 1 heterocycles. The molecule has 18 heavy (non-hydrogen) atoms. The van der Waals surface area contributed by atoms with E-state index in [9.17, 15) is 14.4 Å². The highest BCUT2D eigenvalue weighted by atomic mass is 32.2. The second-order valence-electron chi connectivity index (χ2n) is 4.60. The van der Waals surface area contributed by atoms with Gasteiger partial charge in [0.2, 0.25) is 11.8 Å².